The van der Waals surface area contributed by atoms with Crippen LogP contribution >= 0.6 is 0 Å². The van der Waals surface area contributed by atoms with E-state index in [2.05, 4.69) is 4.99 Å². The fourth-order valence-electron chi connectivity index (χ4n) is 2.57. The first-order valence-corrected chi connectivity index (χ1v) is 8.88. The average Bonchev–Trinajstić information content (AvgIpc) is 3.21. The van der Waals surface area contributed by atoms with Crippen molar-refractivity contribution in [3.63, 3.8) is 0 Å². The first-order valence-electron chi connectivity index (χ1n) is 8.88. The molecule has 0 bridgehead atoms. The van der Waals surface area contributed by atoms with Gasteiger partial charge in [-0.05, 0) is 43.3 Å². The quantitative estimate of drug-likeness (QED) is 0.336. The van der Waals surface area contributed by atoms with Crippen molar-refractivity contribution < 1.29 is 18.9 Å². The molecule has 0 saturated carbocycles. The van der Waals surface area contributed by atoms with Gasteiger partial charge in [-0.25, -0.2) is 4.99 Å². The first kappa shape index (κ1) is 17.7. The standard InChI is InChI=1S/C23H19NO4/c1-17(15-25-20-12-13-21-22(14-20)27-16-26-21)23(24-18-8-4-2-5-9-18)28-19-10-6-3-7-11-19/h2-15H,16H2,1H3/b17-15+,24-23?. The predicted molar refractivity (Wildman–Crippen MR) is 108 cm³/mol. The lowest BCUT2D eigenvalue weighted by molar-refractivity contribution is 0.174. The van der Waals surface area contributed by atoms with Gasteiger partial charge in [0.2, 0.25) is 12.7 Å². The van der Waals surface area contributed by atoms with Gasteiger partial charge in [0.05, 0.1) is 11.9 Å². The molecule has 28 heavy (non-hydrogen) atoms. The molecule has 140 valence electrons. The van der Waals surface area contributed by atoms with Gasteiger partial charge in [0.15, 0.2) is 11.5 Å². The summed E-state index contributed by atoms with van der Waals surface area (Å²) in [5.74, 6) is 3.18. The predicted octanol–water partition coefficient (Wildman–Crippen LogP) is 5.51. The molecule has 3 aromatic rings. The lowest BCUT2D eigenvalue weighted by atomic mass is 10.3. The number of fused-ring (bicyclic) bond motifs is 1. The summed E-state index contributed by atoms with van der Waals surface area (Å²) in [5, 5.41) is 0. The highest BCUT2D eigenvalue weighted by Crippen LogP contribution is 2.35. The average molecular weight is 373 g/mol. The van der Waals surface area contributed by atoms with Gasteiger partial charge in [-0.2, -0.15) is 0 Å². The third kappa shape index (κ3) is 4.32. The number of nitrogens with zero attached hydrogens (tertiary/aromatic N) is 1. The minimum absolute atomic E-state index is 0.229. The van der Waals surface area contributed by atoms with Crippen LogP contribution in [-0.2, 0) is 0 Å². The Hall–Kier alpha value is -3.73. The lowest BCUT2D eigenvalue weighted by Gasteiger charge is -2.10. The summed E-state index contributed by atoms with van der Waals surface area (Å²) in [6.07, 6.45) is 1.61. The molecule has 0 aromatic heterocycles. The summed E-state index contributed by atoms with van der Waals surface area (Å²) in [6, 6.07) is 24.6. The van der Waals surface area contributed by atoms with E-state index < -0.39 is 0 Å². The van der Waals surface area contributed by atoms with E-state index in [1.54, 1.807) is 12.3 Å². The van der Waals surface area contributed by atoms with Crippen molar-refractivity contribution in [1.29, 1.82) is 0 Å². The largest absolute Gasteiger partial charge is 0.464 e. The maximum atomic E-state index is 6.00. The topological polar surface area (TPSA) is 49.3 Å². The van der Waals surface area contributed by atoms with Crippen molar-refractivity contribution in [3.05, 3.63) is 90.7 Å². The molecule has 0 fully saturated rings. The Kier molecular flexibility index (Phi) is 5.24. The van der Waals surface area contributed by atoms with Crippen LogP contribution in [-0.4, -0.2) is 12.7 Å². The number of aliphatic imine (C=N–C) groups is 1. The third-order valence-electron chi connectivity index (χ3n) is 4.00. The van der Waals surface area contributed by atoms with Gasteiger partial charge in [-0.1, -0.05) is 36.4 Å². The monoisotopic (exact) mass is 373 g/mol. The molecule has 0 N–H and O–H groups in total. The first-order chi connectivity index (χ1) is 13.8. The summed E-state index contributed by atoms with van der Waals surface area (Å²) in [4.78, 5) is 4.63. The zero-order chi connectivity index (χ0) is 19.2. The lowest BCUT2D eigenvalue weighted by Crippen LogP contribution is -2.10. The van der Waals surface area contributed by atoms with E-state index in [4.69, 9.17) is 18.9 Å². The molecule has 0 spiro atoms. The van der Waals surface area contributed by atoms with Crippen LogP contribution in [0, 0.1) is 0 Å². The number of rotatable bonds is 5. The number of hydrogen-bond acceptors (Lipinski definition) is 5. The van der Waals surface area contributed by atoms with E-state index in [1.807, 2.05) is 79.7 Å². The van der Waals surface area contributed by atoms with Crippen molar-refractivity contribution in [1.82, 2.24) is 0 Å². The van der Waals surface area contributed by atoms with Crippen LogP contribution in [0.3, 0.4) is 0 Å². The van der Waals surface area contributed by atoms with Gasteiger partial charge in [0.1, 0.15) is 11.5 Å². The summed E-state index contributed by atoms with van der Waals surface area (Å²) in [5.41, 5.74) is 1.54. The second-order valence-electron chi connectivity index (χ2n) is 6.10. The van der Waals surface area contributed by atoms with Crippen LogP contribution in [0.5, 0.6) is 23.0 Å². The maximum absolute atomic E-state index is 6.00. The van der Waals surface area contributed by atoms with Crippen LogP contribution in [0.25, 0.3) is 0 Å². The van der Waals surface area contributed by atoms with E-state index in [9.17, 15) is 0 Å². The van der Waals surface area contributed by atoms with Crippen LogP contribution < -0.4 is 18.9 Å². The Morgan fingerprint density at radius 3 is 2.36 bits per heavy atom. The highest BCUT2D eigenvalue weighted by Gasteiger charge is 2.14. The molecular weight excluding hydrogens is 354 g/mol. The summed E-state index contributed by atoms with van der Waals surface area (Å²) in [6.45, 7) is 2.12. The Morgan fingerprint density at radius 1 is 0.857 bits per heavy atom. The number of benzene rings is 3. The number of para-hydroxylation sites is 2. The van der Waals surface area contributed by atoms with E-state index >= 15 is 0 Å². The highest BCUT2D eigenvalue weighted by atomic mass is 16.7. The summed E-state index contributed by atoms with van der Waals surface area (Å²) < 4.78 is 22.5. The van der Waals surface area contributed by atoms with Crippen LogP contribution in [0.15, 0.2) is 95.7 Å². The van der Waals surface area contributed by atoms with Gasteiger partial charge in [-0.3, -0.25) is 0 Å². The van der Waals surface area contributed by atoms with E-state index in [0.29, 0.717) is 28.9 Å². The van der Waals surface area contributed by atoms with E-state index in [-0.39, 0.29) is 6.79 Å². The Bertz CT molecular complexity index is 998. The molecule has 1 aliphatic heterocycles. The third-order valence-corrected chi connectivity index (χ3v) is 4.00. The highest BCUT2D eigenvalue weighted by molar-refractivity contribution is 5.96. The molecular formula is C23H19NO4. The molecule has 1 aliphatic rings. The van der Waals surface area contributed by atoms with Gasteiger partial charge < -0.3 is 18.9 Å². The summed E-state index contributed by atoms with van der Waals surface area (Å²) in [7, 11) is 0. The molecule has 0 aliphatic carbocycles. The molecule has 5 nitrogen and oxygen atoms in total. The second-order valence-corrected chi connectivity index (χ2v) is 6.10. The SMILES string of the molecule is C/C(=C\Oc1ccc2c(c1)OCO2)C(=Nc1ccccc1)Oc1ccccc1. The van der Waals surface area contributed by atoms with Crippen LogP contribution in [0.1, 0.15) is 6.92 Å². The molecule has 0 atom stereocenters. The normalized spacial score (nSPS) is 13.3. The van der Waals surface area contributed by atoms with Crippen molar-refractivity contribution in [2.75, 3.05) is 6.79 Å². The minimum atomic E-state index is 0.229. The van der Waals surface area contributed by atoms with Crippen molar-refractivity contribution in [3.8, 4) is 23.0 Å². The van der Waals surface area contributed by atoms with Gasteiger partial charge >= 0.3 is 0 Å². The van der Waals surface area contributed by atoms with E-state index in [1.165, 1.54) is 0 Å². The molecule has 4 rings (SSSR count). The molecule has 0 saturated heterocycles. The zero-order valence-electron chi connectivity index (χ0n) is 15.4. The van der Waals surface area contributed by atoms with Crippen molar-refractivity contribution in [2.24, 2.45) is 4.99 Å². The number of hydrogen-bond donors (Lipinski definition) is 0. The van der Waals surface area contributed by atoms with Gasteiger partial charge in [-0.15, -0.1) is 0 Å². The molecule has 0 amide bonds. The van der Waals surface area contributed by atoms with Crippen molar-refractivity contribution in [2.45, 2.75) is 6.92 Å². The fourth-order valence-corrected chi connectivity index (χ4v) is 2.57. The van der Waals surface area contributed by atoms with E-state index in [0.717, 1.165) is 11.3 Å². The minimum Gasteiger partial charge on any atom is -0.464 e. The fraction of sp³-hybridized carbons (Fsp3) is 0.0870. The van der Waals surface area contributed by atoms with Crippen molar-refractivity contribution >= 4 is 11.6 Å². The zero-order valence-corrected chi connectivity index (χ0v) is 15.4. The Labute approximate surface area is 163 Å². The number of ether oxygens (including phenoxy) is 4. The molecule has 0 unspecified atom stereocenters. The van der Waals surface area contributed by atoms with Gasteiger partial charge in [0.25, 0.3) is 0 Å². The maximum Gasteiger partial charge on any atom is 0.231 e. The molecule has 0 radical (unpaired) electrons. The summed E-state index contributed by atoms with van der Waals surface area (Å²) >= 11 is 0. The molecule has 1 heterocycles. The Morgan fingerprint density at radius 2 is 1.57 bits per heavy atom. The van der Waals surface area contributed by atoms with Gasteiger partial charge in [0, 0.05) is 11.6 Å². The molecule has 3 aromatic carbocycles. The van der Waals surface area contributed by atoms with Crippen LogP contribution in [0.2, 0.25) is 0 Å². The smallest absolute Gasteiger partial charge is 0.231 e. The van der Waals surface area contributed by atoms with Crippen LogP contribution in [0.4, 0.5) is 5.69 Å². The Balaban J connectivity index is 1.57. The second kappa shape index (κ2) is 8.31. The molecule has 5 heteroatoms.